The number of carbonyl (C=O) groups excluding carboxylic acids is 2. The van der Waals surface area contributed by atoms with E-state index in [-0.39, 0.29) is 24.0 Å². The Morgan fingerprint density at radius 2 is 2.00 bits per heavy atom. The van der Waals surface area contributed by atoms with Crippen LogP contribution >= 0.6 is 15.9 Å². The van der Waals surface area contributed by atoms with Gasteiger partial charge in [-0.3, -0.25) is 9.59 Å². The highest BCUT2D eigenvalue weighted by atomic mass is 79.9. The summed E-state index contributed by atoms with van der Waals surface area (Å²) in [6.07, 6.45) is 0.0136. The summed E-state index contributed by atoms with van der Waals surface area (Å²) in [6, 6.07) is 13.2. The van der Waals surface area contributed by atoms with Crippen molar-refractivity contribution in [1.29, 1.82) is 0 Å². The maximum absolute atomic E-state index is 13.2. The third-order valence-electron chi connectivity index (χ3n) is 4.18. The number of anilines is 1. The fraction of sp³-hybridized carbons (Fsp3) is 0.222. The quantitative estimate of drug-likeness (QED) is 0.765. The zero-order valence-electron chi connectivity index (χ0n) is 13.2. The van der Waals surface area contributed by atoms with Crippen LogP contribution in [0.25, 0.3) is 0 Å². The molecule has 25 heavy (non-hydrogen) atoms. The Labute approximate surface area is 152 Å². The van der Waals surface area contributed by atoms with Gasteiger partial charge in [0.1, 0.15) is 5.82 Å². The van der Waals surface area contributed by atoms with E-state index in [1.54, 1.807) is 24.3 Å². The van der Waals surface area contributed by atoms with E-state index in [1.165, 1.54) is 23.1 Å². The molecule has 2 aromatic carbocycles. The molecular formula is C18H16BrFN2O3. The van der Waals surface area contributed by atoms with Crippen molar-refractivity contribution in [3.63, 3.8) is 0 Å². The van der Waals surface area contributed by atoms with Crippen LogP contribution in [-0.2, 0) is 16.1 Å². The van der Waals surface area contributed by atoms with Gasteiger partial charge in [0, 0.05) is 25.2 Å². The van der Waals surface area contributed by atoms with Crippen LogP contribution in [-0.4, -0.2) is 29.1 Å². The number of nitrogens with zero attached hydrogens (tertiary/aromatic N) is 1. The number of nitrogens with one attached hydrogen (secondary N) is 1. The summed E-state index contributed by atoms with van der Waals surface area (Å²) in [5.74, 6) is -1.80. The molecule has 0 bridgehead atoms. The highest BCUT2D eigenvalue weighted by Crippen LogP contribution is 2.28. The smallest absolute Gasteiger partial charge is 0.268 e. The van der Waals surface area contributed by atoms with Gasteiger partial charge in [-0.05, 0) is 45.8 Å². The molecule has 1 saturated heterocycles. The standard InChI is InChI=1S/C18H16BrFN2O3/c19-14-10-12(6-7-15(14)20)11-21-16(23)18(25)8-9-22(17(18)24)13-4-2-1-3-5-13/h1-7,10,25H,8-9,11H2,(H,21,23)/t18-/m0/s1. The lowest BCUT2D eigenvalue weighted by atomic mass is 10.0. The summed E-state index contributed by atoms with van der Waals surface area (Å²) in [6.45, 7) is 0.341. The van der Waals surface area contributed by atoms with Gasteiger partial charge >= 0.3 is 0 Å². The summed E-state index contributed by atoms with van der Waals surface area (Å²) in [5.41, 5.74) is -0.804. The second kappa shape index (κ2) is 6.93. The van der Waals surface area contributed by atoms with Gasteiger partial charge in [-0.1, -0.05) is 24.3 Å². The minimum Gasteiger partial charge on any atom is -0.372 e. The summed E-state index contributed by atoms with van der Waals surface area (Å²) in [7, 11) is 0. The number of hydrogen-bond acceptors (Lipinski definition) is 3. The Hall–Kier alpha value is -2.25. The second-order valence-electron chi connectivity index (χ2n) is 5.83. The van der Waals surface area contributed by atoms with E-state index in [2.05, 4.69) is 21.2 Å². The maximum atomic E-state index is 13.2. The molecule has 0 saturated carbocycles. The van der Waals surface area contributed by atoms with Crippen LogP contribution in [0.15, 0.2) is 53.0 Å². The predicted molar refractivity (Wildman–Crippen MR) is 94.3 cm³/mol. The molecule has 2 amide bonds. The first kappa shape index (κ1) is 17.6. The zero-order chi connectivity index (χ0) is 18.0. The Morgan fingerprint density at radius 3 is 2.68 bits per heavy atom. The number of para-hydroxylation sites is 1. The minimum absolute atomic E-state index is 0.0136. The van der Waals surface area contributed by atoms with Gasteiger partial charge in [0.2, 0.25) is 5.60 Å². The van der Waals surface area contributed by atoms with E-state index < -0.39 is 23.2 Å². The van der Waals surface area contributed by atoms with Crippen LogP contribution in [0.4, 0.5) is 10.1 Å². The van der Waals surface area contributed by atoms with Gasteiger partial charge < -0.3 is 15.3 Å². The van der Waals surface area contributed by atoms with Gasteiger partial charge in [-0.2, -0.15) is 0 Å². The van der Waals surface area contributed by atoms with Crippen LogP contribution in [0.1, 0.15) is 12.0 Å². The number of rotatable bonds is 4. The Morgan fingerprint density at radius 1 is 1.28 bits per heavy atom. The lowest BCUT2D eigenvalue weighted by Gasteiger charge is -2.21. The predicted octanol–water partition coefficient (Wildman–Crippen LogP) is 2.37. The number of benzene rings is 2. The lowest BCUT2D eigenvalue weighted by molar-refractivity contribution is -0.149. The number of carbonyl (C=O) groups is 2. The molecule has 130 valence electrons. The van der Waals surface area contributed by atoms with E-state index in [1.807, 2.05) is 6.07 Å². The van der Waals surface area contributed by atoms with Crippen LogP contribution in [0.3, 0.4) is 0 Å². The molecule has 1 aliphatic rings. The summed E-state index contributed by atoms with van der Waals surface area (Å²) < 4.78 is 13.5. The van der Waals surface area contributed by atoms with Crippen molar-refractivity contribution in [3.8, 4) is 0 Å². The van der Waals surface area contributed by atoms with E-state index in [9.17, 15) is 19.1 Å². The Bertz CT molecular complexity index is 815. The van der Waals surface area contributed by atoms with Crippen molar-refractivity contribution in [1.82, 2.24) is 5.32 Å². The van der Waals surface area contributed by atoms with E-state index in [4.69, 9.17) is 0 Å². The van der Waals surface area contributed by atoms with Gasteiger partial charge in [-0.25, -0.2) is 4.39 Å². The van der Waals surface area contributed by atoms with Gasteiger partial charge in [-0.15, -0.1) is 0 Å². The summed E-state index contributed by atoms with van der Waals surface area (Å²) in [4.78, 5) is 26.3. The number of hydrogen-bond donors (Lipinski definition) is 2. The van der Waals surface area contributed by atoms with E-state index >= 15 is 0 Å². The van der Waals surface area contributed by atoms with Crippen LogP contribution in [0, 0.1) is 5.82 Å². The minimum atomic E-state index is -2.09. The number of halogens is 2. The van der Waals surface area contributed by atoms with E-state index in [0.29, 0.717) is 11.3 Å². The average Bonchev–Trinajstić information content (AvgIpc) is 2.93. The van der Waals surface area contributed by atoms with Crippen molar-refractivity contribution in [2.45, 2.75) is 18.6 Å². The Balaban J connectivity index is 1.69. The summed E-state index contributed by atoms with van der Waals surface area (Å²) >= 11 is 3.08. The van der Waals surface area contributed by atoms with Crippen LogP contribution in [0.5, 0.6) is 0 Å². The first-order chi connectivity index (χ1) is 11.9. The highest BCUT2D eigenvalue weighted by molar-refractivity contribution is 9.10. The molecule has 1 aliphatic heterocycles. The average molecular weight is 407 g/mol. The first-order valence-electron chi connectivity index (χ1n) is 7.73. The number of amides is 2. The third-order valence-corrected chi connectivity index (χ3v) is 4.78. The number of aliphatic hydroxyl groups is 1. The molecule has 7 heteroatoms. The molecule has 0 aliphatic carbocycles. The topological polar surface area (TPSA) is 69.6 Å². The molecule has 0 radical (unpaired) electrons. The van der Waals surface area contributed by atoms with Gasteiger partial charge in [0.15, 0.2) is 0 Å². The van der Waals surface area contributed by atoms with Gasteiger partial charge in [0.25, 0.3) is 11.8 Å². The first-order valence-corrected chi connectivity index (χ1v) is 8.53. The monoisotopic (exact) mass is 406 g/mol. The molecule has 1 atom stereocenters. The lowest BCUT2D eigenvalue weighted by Crippen LogP contribution is -2.52. The molecule has 1 heterocycles. The highest BCUT2D eigenvalue weighted by Gasteiger charge is 2.51. The van der Waals surface area contributed by atoms with Crippen LogP contribution < -0.4 is 10.2 Å². The maximum Gasteiger partial charge on any atom is 0.268 e. The molecule has 2 aromatic rings. The summed E-state index contributed by atoms with van der Waals surface area (Å²) in [5, 5.41) is 13.1. The zero-order valence-corrected chi connectivity index (χ0v) is 14.8. The van der Waals surface area contributed by atoms with Crippen molar-refractivity contribution in [3.05, 3.63) is 64.4 Å². The SMILES string of the molecule is O=C(NCc1ccc(F)c(Br)c1)[C@@]1(O)CCN(c2ccccc2)C1=O. The third kappa shape index (κ3) is 3.43. The molecule has 1 fully saturated rings. The Kier molecular flexibility index (Phi) is 4.87. The molecule has 0 spiro atoms. The van der Waals surface area contributed by atoms with Crippen LogP contribution in [0.2, 0.25) is 0 Å². The van der Waals surface area contributed by atoms with Crippen molar-refractivity contribution < 1.29 is 19.1 Å². The molecule has 0 aromatic heterocycles. The van der Waals surface area contributed by atoms with Crippen molar-refractivity contribution in [2.24, 2.45) is 0 Å². The molecule has 2 N–H and O–H groups in total. The van der Waals surface area contributed by atoms with Crippen molar-refractivity contribution in [2.75, 3.05) is 11.4 Å². The molecule has 3 rings (SSSR count). The molecule has 5 nitrogen and oxygen atoms in total. The van der Waals surface area contributed by atoms with E-state index in [0.717, 1.165) is 0 Å². The van der Waals surface area contributed by atoms with Gasteiger partial charge in [0.05, 0.1) is 4.47 Å². The normalized spacial score (nSPS) is 20.0. The second-order valence-corrected chi connectivity index (χ2v) is 6.69. The van der Waals surface area contributed by atoms with Crippen molar-refractivity contribution >= 4 is 33.4 Å². The molecule has 0 unspecified atom stereocenters. The fourth-order valence-electron chi connectivity index (χ4n) is 2.75. The largest absolute Gasteiger partial charge is 0.372 e. The fourth-order valence-corrected chi connectivity index (χ4v) is 3.17. The molecular weight excluding hydrogens is 391 g/mol.